The van der Waals surface area contributed by atoms with Crippen molar-refractivity contribution in [3.63, 3.8) is 0 Å². The van der Waals surface area contributed by atoms with Crippen LogP contribution in [-0.4, -0.2) is 76.5 Å². The number of nitrogens with zero attached hydrogens (tertiary/aromatic N) is 3. The number of phenolic OH excluding ortho intramolecular Hbond substituents is 1. The number of benzene rings is 1. The summed E-state index contributed by atoms with van der Waals surface area (Å²) in [5, 5.41) is 17.2. The highest BCUT2D eigenvalue weighted by Gasteiger charge is 2.28. The van der Waals surface area contributed by atoms with Crippen molar-refractivity contribution < 1.29 is 33.5 Å². The Morgan fingerprint density at radius 2 is 2.20 bits per heavy atom. The number of carbonyl (C=O) groups is 3. The average molecular weight is 572 g/mol. The fraction of sp³-hybridized carbons (Fsp3) is 0.476. The lowest BCUT2D eigenvalue weighted by atomic mass is 10.1. The van der Waals surface area contributed by atoms with E-state index >= 15 is 0 Å². The Kier molecular flexibility index (Phi) is 8.97. The van der Waals surface area contributed by atoms with Crippen molar-refractivity contribution in [3.8, 4) is 11.5 Å². The molecule has 1 aliphatic heterocycles. The summed E-state index contributed by atoms with van der Waals surface area (Å²) in [6.07, 6.45) is 0. The lowest BCUT2D eigenvalue weighted by Gasteiger charge is -2.25. The second kappa shape index (κ2) is 11.7. The molecule has 190 valence electrons. The van der Waals surface area contributed by atoms with Crippen LogP contribution in [0.5, 0.6) is 11.5 Å². The third-order valence-corrected chi connectivity index (χ3v) is 6.93. The minimum atomic E-state index is -0.863. The summed E-state index contributed by atoms with van der Waals surface area (Å²) in [7, 11) is 1.41. The molecule has 0 spiro atoms. The number of fused-ring (bicyclic) bond motifs is 1. The van der Waals surface area contributed by atoms with Gasteiger partial charge in [-0.15, -0.1) is 0 Å². The van der Waals surface area contributed by atoms with E-state index in [0.717, 1.165) is 0 Å². The molecular weight excluding hydrogens is 546 g/mol. The number of halogens is 1. The van der Waals surface area contributed by atoms with Crippen LogP contribution in [0.2, 0.25) is 0 Å². The maximum atomic E-state index is 13.0. The Bertz CT molecular complexity index is 1110. The first-order valence-corrected chi connectivity index (χ1v) is 12.5. The minimum Gasteiger partial charge on any atom is -0.507 e. The van der Waals surface area contributed by atoms with Crippen LogP contribution in [0, 0.1) is 6.92 Å². The van der Waals surface area contributed by atoms with Gasteiger partial charge in [0.2, 0.25) is 17.7 Å². The summed E-state index contributed by atoms with van der Waals surface area (Å²) in [6.45, 7) is 2.58. The van der Waals surface area contributed by atoms with Gasteiger partial charge in [0.25, 0.3) is 0 Å². The number of carbonyl (C=O) groups excluding carboxylic acids is 3. The third-order valence-electron chi connectivity index (χ3n) is 5.08. The van der Waals surface area contributed by atoms with Gasteiger partial charge >= 0.3 is 5.97 Å². The molecule has 35 heavy (non-hydrogen) atoms. The van der Waals surface area contributed by atoms with Crippen molar-refractivity contribution in [2.75, 3.05) is 32.6 Å². The van der Waals surface area contributed by atoms with E-state index in [1.807, 2.05) is 0 Å². The maximum absolute atomic E-state index is 13.0. The molecule has 1 aromatic heterocycles. The Labute approximate surface area is 214 Å². The van der Waals surface area contributed by atoms with Crippen molar-refractivity contribution in [2.24, 2.45) is 5.73 Å². The normalized spacial score (nSPS) is 18.7. The highest BCUT2D eigenvalue weighted by Crippen LogP contribution is 2.39. The summed E-state index contributed by atoms with van der Waals surface area (Å²) in [5.74, 6) is -0.512. The molecule has 0 unspecified atom stereocenters. The van der Waals surface area contributed by atoms with Gasteiger partial charge in [0.15, 0.2) is 5.82 Å². The topological polar surface area (TPSA) is 170 Å². The minimum absolute atomic E-state index is 0.0679. The third kappa shape index (κ3) is 6.44. The molecule has 0 radical (unpaired) electrons. The van der Waals surface area contributed by atoms with E-state index in [9.17, 15) is 19.5 Å². The molecule has 2 aromatic rings. The van der Waals surface area contributed by atoms with Crippen molar-refractivity contribution in [1.29, 1.82) is 0 Å². The number of thioether (sulfide) groups is 1. The number of esters is 1. The van der Waals surface area contributed by atoms with Crippen LogP contribution >= 0.6 is 27.7 Å². The lowest BCUT2D eigenvalue weighted by molar-refractivity contribution is -0.137. The molecule has 1 aromatic carbocycles. The zero-order valence-corrected chi connectivity index (χ0v) is 21.8. The number of aryl methyl sites for hydroxylation is 1. The first-order chi connectivity index (χ1) is 16.6. The number of phenols is 1. The van der Waals surface area contributed by atoms with Gasteiger partial charge in [0, 0.05) is 23.1 Å². The van der Waals surface area contributed by atoms with E-state index < -0.39 is 29.9 Å². The van der Waals surface area contributed by atoms with Gasteiger partial charge in [-0.2, -0.15) is 16.7 Å². The molecule has 14 heteroatoms. The van der Waals surface area contributed by atoms with Gasteiger partial charge in [0.05, 0.1) is 36.3 Å². The predicted octanol–water partition coefficient (Wildman–Crippen LogP) is 1.29. The summed E-state index contributed by atoms with van der Waals surface area (Å²) in [4.78, 5) is 43.8. The highest BCUT2D eigenvalue weighted by molar-refractivity contribution is 9.10. The number of aromatic nitrogens is 2. The fourth-order valence-electron chi connectivity index (χ4n) is 3.36. The monoisotopic (exact) mass is 571 g/mol. The summed E-state index contributed by atoms with van der Waals surface area (Å²) in [6, 6.07) is -0.148. The quantitative estimate of drug-likeness (QED) is 0.453. The van der Waals surface area contributed by atoms with Gasteiger partial charge in [-0.05, 0) is 29.8 Å². The highest BCUT2D eigenvalue weighted by atomic mass is 79.9. The van der Waals surface area contributed by atoms with E-state index in [0.29, 0.717) is 15.9 Å². The Balaban J connectivity index is 1.99. The maximum Gasteiger partial charge on any atom is 0.339 e. The Hall–Kier alpha value is -2.84. The molecular formula is C21H26BrN5O7S. The van der Waals surface area contributed by atoms with Crippen molar-refractivity contribution >= 4 is 45.5 Å². The first-order valence-electron chi connectivity index (χ1n) is 10.6. The zero-order valence-electron chi connectivity index (χ0n) is 19.4. The molecule has 3 rings (SSSR count). The number of nitrogens with one attached hydrogen (secondary N) is 1. The standard InChI is InChI=1S/C21H26BrN5O7S/c1-10(23)20(30)27-4-5-33-21(31)17-12(14(28)6-15(32-3)18(17)22)8-35-9-13(25-16(29)7-27)19-24-11(2)26-34-19/h6,10,13,28H,4-5,7-9,23H2,1-3H3,(H,25,29)/t10-,13-/m0/s1. The number of cyclic esters (lactones) is 1. The second-order valence-corrected chi connectivity index (χ2v) is 9.59. The fourth-order valence-corrected chi connectivity index (χ4v) is 5.12. The summed E-state index contributed by atoms with van der Waals surface area (Å²) < 4.78 is 16.2. The van der Waals surface area contributed by atoms with E-state index in [1.165, 1.54) is 36.8 Å². The molecule has 0 saturated carbocycles. The summed E-state index contributed by atoms with van der Waals surface area (Å²) in [5.41, 5.74) is 6.16. The average Bonchev–Trinajstić information content (AvgIpc) is 3.24. The van der Waals surface area contributed by atoms with Gasteiger partial charge in [0.1, 0.15) is 24.1 Å². The van der Waals surface area contributed by atoms with Crippen molar-refractivity contribution in [3.05, 3.63) is 33.4 Å². The molecule has 0 fully saturated rings. The van der Waals surface area contributed by atoms with Crippen LogP contribution in [0.3, 0.4) is 0 Å². The molecule has 4 N–H and O–H groups in total. The van der Waals surface area contributed by atoms with Crippen LogP contribution < -0.4 is 15.8 Å². The van der Waals surface area contributed by atoms with Crippen LogP contribution in [0.25, 0.3) is 0 Å². The Morgan fingerprint density at radius 1 is 1.46 bits per heavy atom. The largest absolute Gasteiger partial charge is 0.507 e. The number of hydrogen-bond acceptors (Lipinski definition) is 11. The predicted molar refractivity (Wildman–Crippen MR) is 129 cm³/mol. The molecule has 0 saturated heterocycles. The van der Waals surface area contributed by atoms with Gasteiger partial charge < -0.3 is 35.1 Å². The van der Waals surface area contributed by atoms with Crippen LogP contribution in [0.4, 0.5) is 0 Å². The number of rotatable bonds is 3. The number of ether oxygens (including phenoxy) is 2. The van der Waals surface area contributed by atoms with E-state index in [-0.39, 0.29) is 54.2 Å². The molecule has 2 heterocycles. The Morgan fingerprint density at radius 3 is 2.83 bits per heavy atom. The number of nitrogens with two attached hydrogens (primary N) is 1. The van der Waals surface area contributed by atoms with Crippen molar-refractivity contribution in [2.45, 2.75) is 31.7 Å². The SMILES string of the molecule is COc1cc(O)c2c(c1Br)C(=O)OCCN(C(=O)[C@H](C)N)CC(=O)N[C@H](c1nc(C)no1)CSC2. The number of hydrogen-bond donors (Lipinski definition) is 3. The van der Waals surface area contributed by atoms with Gasteiger partial charge in [-0.1, -0.05) is 5.16 Å². The molecule has 2 atom stereocenters. The number of methoxy groups -OCH3 is 1. The molecule has 12 nitrogen and oxygen atoms in total. The zero-order chi connectivity index (χ0) is 25.7. The van der Waals surface area contributed by atoms with Gasteiger partial charge in [-0.25, -0.2) is 4.79 Å². The van der Waals surface area contributed by atoms with E-state index in [2.05, 4.69) is 31.4 Å². The molecule has 0 aliphatic carbocycles. The molecule has 0 bridgehead atoms. The smallest absolute Gasteiger partial charge is 0.339 e. The number of amides is 2. The van der Waals surface area contributed by atoms with Crippen LogP contribution in [-0.2, 0) is 20.1 Å². The van der Waals surface area contributed by atoms with Crippen molar-refractivity contribution in [1.82, 2.24) is 20.4 Å². The second-order valence-electron chi connectivity index (χ2n) is 7.76. The lowest BCUT2D eigenvalue weighted by Crippen LogP contribution is -2.48. The van der Waals surface area contributed by atoms with E-state index in [1.54, 1.807) is 6.92 Å². The molecule has 2 amide bonds. The molecule has 1 aliphatic rings. The van der Waals surface area contributed by atoms with E-state index in [4.69, 9.17) is 19.7 Å². The van der Waals surface area contributed by atoms with Gasteiger partial charge in [-0.3, -0.25) is 9.59 Å². The first kappa shape index (κ1) is 26.8. The summed E-state index contributed by atoms with van der Waals surface area (Å²) >= 11 is 4.68. The van der Waals surface area contributed by atoms with Crippen LogP contribution in [0.1, 0.15) is 40.6 Å². The van der Waals surface area contributed by atoms with Crippen LogP contribution in [0.15, 0.2) is 15.1 Å². The number of aromatic hydroxyl groups is 1.